The van der Waals surface area contributed by atoms with E-state index in [2.05, 4.69) is 11.4 Å². The minimum absolute atomic E-state index is 0.0144. The van der Waals surface area contributed by atoms with Crippen molar-refractivity contribution in [2.75, 3.05) is 0 Å². The number of ketones is 1. The number of nitrogens with one attached hydrogen (secondary N) is 1. The first-order valence-electron chi connectivity index (χ1n) is 9.09. The summed E-state index contributed by atoms with van der Waals surface area (Å²) < 4.78 is 5.97. The monoisotopic (exact) mass is 409 g/mol. The Balaban J connectivity index is 1.84. The third-order valence-corrected chi connectivity index (χ3v) is 5.46. The number of rotatable bonds is 3. The van der Waals surface area contributed by atoms with E-state index in [1.165, 1.54) is 12.1 Å². The van der Waals surface area contributed by atoms with Crippen molar-refractivity contribution < 1.29 is 14.1 Å². The number of carbonyl (C=O) groups excluding carboxylic acids is 1. The highest BCUT2D eigenvalue weighted by Gasteiger charge is 2.37. The standard InChI is InChI=1S/C21H16ClN3O4/c1-11-14(10-23)20(21-15(24-11)3-2-4-17(21)26)19-8-7-18(29-19)13-6-5-12(22)9-16(13)25(27)28/h5-9,20,24H,2-4H2,1H3/t20-/m0/s1. The van der Waals surface area contributed by atoms with Gasteiger partial charge in [0.15, 0.2) is 5.78 Å². The minimum atomic E-state index is -0.621. The summed E-state index contributed by atoms with van der Waals surface area (Å²) >= 11 is 5.89. The number of hydrogen-bond donors (Lipinski definition) is 1. The van der Waals surface area contributed by atoms with Crippen LogP contribution in [0.1, 0.15) is 37.9 Å². The quantitative estimate of drug-likeness (QED) is 0.564. The lowest BCUT2D eigenvalue weighted by atomic mass is 9.78. The summed E-state index contributed by atoms with van der Waals surface area (Å²) in [5.74, 6) is 0.0511. The van der Waals surface area contributed by atoms with Gasteiger partial charge in [-0.15, -0.1) is 0 Å². The minimum Gasteiger partial charge on any atom is -0.460 e. The summed E-state index contributed by atoms with van der Waals surface area (Å²) in [4.78, 5) is 23.6. The van der Waals surface area contributed by atoms with Gasteiger partial charge in [0, 0.05) is 34.5 Å². The molecule has 0 spiro atoms. The average Bonchev–Trinajstić information content (AvgIpc) is 3.16. The Bertz CT molecular complexity index is 1150. The number of hydrogen-bond acceptors (Lipinski definition) is 6. The number of Topliss-reactive ketones (excluding diaryl/α,β-unsaturated/α-hetero) is 1. The molecule has 1 N–H and O–H groups in total. The number of halogens is 1. The zero-order valence-corrected chi connectivity index (χ0v) is 16.2. The van der Waals surface area contributed by atoms with E-state index in [-0.39, 0.29) is 27.8 Å². The van der Waals surface area contributed by atoms with E-state index >= 15 is 0 Å². The maximum absolute atomic E-state index is 12.7. The number of nitro benzene ring substituents is 1. The molecule has 8 heteroatoms. The second kappa shape index (κ2) is 7.22. The van der Waals surface area contributed by atoms with Gasteiger partial charge in [-0.25, -0.2) is 0 Å². The second-order valence-corrected chi connectivity index (χ2v) is 7.43. The first-order valence-corrected chi connectivity index (χ1v) is 9.46. The Hall–Kier alpha value is -3.37. The van der Waals surface area contributed by atoms with E-state index in [0.29, 0.717) is 29.0 Å². The van der Waals surface area contributed by atoms with Crippen molar-refractivity contribution in [1.29, 1.82) is 5.26 Å². The molecule has 7 nitrogen and oxygen atoms in total. The Morgan fingerprint density at radius 2 is 2.10 bits per heavy atom. The summed E-state index contributed by atoms with van der Waals surface area (Å²) in [7, 11) is 0. The van der Waals surface area contributed by atoms with Gasteiger partial charge in [0.1, 0.15) is 11.5 Å². The predicted molar refractivity (Wildman–Crippen MR) is 106 cm³/mol. The Kier molecular flexibility index (Phi) is 4.73. The van der Waals surface area contributed by atoms with Gasteiger partial charge in [0.25, 0.3) is 5.69 Å². The molecule has 146 valence electrons. The van der Waals surface area contributed by atoms with E-state index in [0.717, 1.165) is 18.5 Å². The second-order valence-electron chi connectivity index (χ2n) is 7.00. The Morgan fingerprint density at radius 3 is 2.83 bits per heavy atom. The van der Waals surface area contributed by atoms with Crippen LogP contribution in [0.3, 0.4) is 0 Å². The third-order valence-electron chi connectivity index (χ3n) is 5.23. The fourth-order valence-electron chi connectivity index (χ4n) is 3.93. The van der Waals surface area contributed by atoms with E-state index in [1.54, 1.807) is 25.1 Å². The van der Waals surface area contributed by atoms with Crippen molar-refractivity contribution in [3.8, 4) is 17.4 Å². The van der Waals surface area contributed by atoms with Crippen LogP contribution in [0.25, 0.3) is 11.3 Å². The number of dihydropyridines is 1. The van der Waals surface area contributed by atoms with Crippen molar-refractivity contribution >= 4 is 23.1 Å². The normalized spacial score (nSPS) is 18.9. The zero-order chi connectivity index (χ0) is 20.7. The first-order chi connectivity index (χ1) is 13.9. The van der Waals surface area contributed by atoms with Crippen LogP contribution in [-0.2, 0) is 4.79 Å². The summed E-state index contributed by atoms with van der Waals surface area (Å²) in [6.07, 6.45) is 1.90. The highest BCUT2D eigenvalue weighted by Crippen LogP contribution is 2.44. The lowest BCUT2D eigenvalue weighted by molar-refractivity contribution is -0.384. The largest absolute Gasteiger partial charge is 0.460 e. The van der Waals surface area contributed by atoms with Gasteiger partial charge in [-0.2, -0.15) is 5.26 Å². The van der Waals surface area contributed by atoms with Gasteiger partial charge >= 0.3 is 0 Å². The Morgan fingerprint density at radius 1 is 1.31 bits per heavy atom. The highest BCUT2D eigenvalue weighted by molar-refractivity contribution is 6.30. The molecule has 1 atom stereocenters. The number of furan rings is 1. The fourth-order valence-corrected chi connectivity index (χ4v) is 4.10. The van der Waals surface area contributed by atoms with Crippen LogP contribution in [0.5, 0.6) is 0 Å². The van der Waals surface area contributed by atoms with Gasteiger partial charge in [0.2, 0.25) is 0 Å². The fraction of sp³-hybridized carbons (Fsp3) is 0.238. The van der Waals surface area contributed by atoms with Crippen molar-refractivity contribution in [3.05, 3.63) is 73.8 Å². The van der Waals surface area contributed by atoms with Crippen molar-refractivity contribution in [2.24, 2.45) is 0 Å². The molecule has 29 heavy (non-hydrogen) atoms. The van der Waals surface area contributed by atoms with Crippen molar-refractivity contribution in [2.45, 2.75) is 32.1 Å². The van der Waals surface area contributed by atoms with Crippen LogP contribution in [0.2, 0.25) is 5.02 Å². The lowest BCUT2D eigenvalue weighted by Crippen LogP contribution is -2.31. The smallest absolute Gasteiger partial charge is 0.281 e. The van der Waals surface area contributed by atoms with Crippen LogP contribution in [0.15, 0.2) is 57.3 Å². The molecule has 1 aromatic carbocycles. The van der Waals surface area contributed by atoms with Crippen LogP contribution < -0.4 is 5.32 Å². The number of nitriles is 1. The average molecular weight is 410 g/mol. The number of carbonyl (C=O) groups is 1. The van der Waals surface area contributed by atoms with Crippen LogP contribution in [-0.4, -0.2) is 10.7 Å². The summed E-state index contributed by atoms with van der Waals surface area (Å²) in [5, 5.41) is 24.6. The number of nitro groups is 1. The molecule has 0 amide bonds. The molecule has 4 rings (SSSR count). The third kappa shape index (κ3) is 3.22. The molecule has 0 saturated heterocycles. The molecule has 0 fully saturated rings. The van der Waals surface area contributed by atoms with E-state index in [9.17, 15) is 20.2 Å². The van der Waals surface area contributed by atoms with Crippen LogP contribution in [0, 0.1) is 21.4 Å². The summed E-state index contributed by atoms with van der Waals surface area (Å²) in [6.45, 7) is 1.79. The molecular formula is C21H16ClN3O4. The maximum Gasteiger partial charge on any atom is 0.281 e. The molecule has 0 saturated carbocycles. The number of allylic oxidation sites excluding steroid dienone is 4. The molecule has 0 radical (unpaired) electrons. The Labute approximate surface area is 171 Å². The lowest BCUT2D eigenvalue weighted by Gasteiger charge is -2.31. The number of nitrogens with zero attached hydrogens (tertiary/aromatic N) is 2. The SMILES string of the molecule is CC1=C(C#N)[C@@H](c2ccc(-c3ccc(Cl)cc3[N+](=O)[O-])o2)C2=C(CCCC2=O)N1. The van der Waals surface area contributed by atoms with Crippen molar-refractivity contribution in [3.63, 3.8) is 0 Å². The van der Waals surface area contributed by atoms with E-state index in [1.807, 2.05) is 0 Å². The molecule has 1 aliphatic carbocycles. The maximum atomic E-state index is 12.7. The molecular weight excluding hydrogens is 394 g/mol. The van der Waals surface area contributed by atoms with Gasteiger partial charge in [-0.05, 0) is 44.0 Å². The van der Waals surface area contributed by atoms with Gasteiger partial charge < -0.3 is 9.73 Å². The molecule has 0 bridgehead atoms. The summed E-state index contributed by atoms with van der Waals surface area (Å²) in [6, 6.07) is 9.80. The topological polar surface area (TPSA) is 109 Å². The van der Waals surface area contributed by atoms with Crippen LogP contribution >= 0.6 is 11.6 Å². The molecule has 2 aliphatic rings. The predicted octanol–water partition coefficient (Wildman–Crippen LogP) is 5.00. The molecule has 1 aliphatic heterocycles. The first kappa shape index (κ1) is 19.0. The van der Waals surface area contributed by atoms with E-state index < -0.39 is 10.8 Å². The van der Waals surface area contributed by atoms with Gasteiger partial charge in [-0.1, -0.05) is 11.6 Å². The van der Waals surface area contributed by atoms with Gasteiger partial charge in [-0.3, -0.25) is 14.9 Å². The zero-order valence-electron chi connectivity index (χ0n) is 15.5. The summed E-state index contributed by atoms with van der Waals surface area (Å²) in [5.41, 5.74) is 2.56. The highest BCUT2D eigenvalue weighted by atomic mass is 35.5. The molecule has 2 heterocycles. The van der Waals surface area contributed by atoms with Gasteiger partial charge in [0.05, 0.1) is 28.0 Å². The van der Waals surface area contributed by atoms with E-state index in [4.69, 9.17) is 16.0 Å². The molecule has 2 aromatic rings. The molecule has 1 aromatic heterocycles. The number of benzene rings is 1. The van der Waals surface area contributed by atoms with Crippen LogP contribution in [0.4, 0.5) is 5.69 Å². The molecule has 0 unspecified atom stereocenters. The van der Waals surface area contributed by atoms with Crippen molar-refractivity contribution in [1.82, 2.24) is 5.32 Å².